The molecule has 0 saturated carbocycles. The lowest BCUT2D eigenvalue weighted by molar-refractivity contribution is 1.26. The molecule has 0 aliphatic heterocycles. The summed E-state index contributed by atoms with van der Waals surface area (Å²) >= 11 is 10.1. The molecule has 0 atom stereocenters. The molecule has 0 fully saturated rings. The summed E-state index contributed by atoms with van der Waals surface area (Å²) in [6.45, 7) is 4.17. The number of thiol groups is 1. The van der Waals surface area contributed by atoms with Crippen molar-refractivity contribution in [3.05, 3.63) is 39.9 Å². The topological polar surface area (TPSA) is 0 Å². The highest BCUT2D eigenvalue weighted by atomic mass is 35.5. The molecule has 0 aromatic heterocycles. The number of rotatable bonds is 3. The van der Waals surface area contributed by atoms with E-state index in [2.05, 4.69) is 38.6 Å². The van der Waals surface area contributed by atoms with Gasteiger partial charge in [-0.1, -0.05) is 23.8 Å². The zero-order valence-electron chi connectivity index (χ0n) is 8.55. The van der Waals surface area contributed by atoms with Crippen LogP contribution in [0, 0.1) is 13.8 Å². The molecule has 0 heterocycles. The van der Waals surface area contributed by atoms with Gasteiger partial charge < -0.3 is 0 Å². The molecule has 0 spiro atoms. The molecule has 1 aromatic rings. The molecular formula is C12H15ClS. The fourth-order valence-corrected chi connectivity index (χ4v) is 1.94. The Morgan fingerprint density at radius 2 is 1.86 bits per heavy atom. The second kappa shape index (κ2) is 5.47. The Labute approximate surface area is 96.4 Å². The summed E-state index contributed by atoms with van der Waals surface area (Å²) in [6.07, 6.45) is 5.30. The quantitative estimate of drug-likeness (QED) is 0.731. The van der Waals surface area contributed by atoms with Crippen molar-refractivity contribution in [3.63, 3.8) is 0 Å². The molecule has 0 nitrogen and oxygen atoms in total. The van der Waals surface area contributed by atoms with E-state index in [9.17, 15) is 0 Å². The second-order valence-corrected chi connectivity index (χ2v) is 4.25. The maximum absolute atomic E-state index is 5.95. The molecule has 1 aromatic carbocycles. The predicted octanol–water partition coefficient (Wildman–Crippen LogP) is 4.29. The van der Waals surface area contributed by atoms with E-state index >= 15 is 0 Å². The van der Waals surface area contributed by atoms with Gasteiger partial charge in [-0.25, -0.2) is 0 Å². The van der Waals surface area contributed by atoms with Crippen LogP contribution in [-0.2, 0) is 0 Å². The maximum atomic E-state index is 5.95. The van der Waals surface area contributed by atoms with E-state index in [1.807, 2.05) is 12.1 Å². The van der Waals surface area contributed by atoms with Crippen molar-refractivity contribution in [2.45, 2.75) is 20.3 Å². The van der Waals surface area contributed by atoms with Crippen molar-refractivity contribution in [2.75, 3.05) is 5.75 Å². The lowest BCUT2D eigenvalue weighted by atomic mass is 10.0. The van der Waals surface area contributed by atoms with Gasteiger partial charge >= 0.3 is 0 Å². The Kier molecular flexibility index (Phi) is 4.56. The molecule has 0 aliphatic carbocycles. The van der Waals surface area contributed by atoms with Crippen LogP contribution >= 0.6 is 24.2 Å². The van der Waals surface area contributed by atoms with Crippen LogP contribution in [0.3, 0.4) is 0 Å². The van der Waals surface area contributed by atoms with Crippen molar-refractivity contribution in [1.29, 1.82) is 0 Å². The van der Waals surface area contributed by atoms with Gasteiger partial charge in [0.2, 0.25) is 0 Å². The summed E-state index contributed by atoms with van der Waals surface area (Å²) in [5.74, 6) is 0.891. The molecule has 0 bridgehead atoms. The van der Waals surface area contributed by atoms with Crippen LogP contribution in [0.15, 0.2) is 18.2 Å². The van der Waals surface area contributed by atoms with Gasteiger partial charge in [0.1, 0.15) is 0 Å². The highest BCUT2D eigenvalue weighted by Crippen LogP contribution is 2.21. The van der Waals surface area contributed by atoms with Gasteiger partial charge in [0.25, 0.3) is 0 Å². The van der Waals surface area contributed by atoms with E-state index in [-0.39, 0.29) is 0 Å². The van der Waals surface area contributed by atoms with E-state index in [0.717, 1.165) is 17.2 Å². The minimum Gasteiger partial charge on any atom is -0.179 e. The molecule has 0 N–H and O–H groups in total. The summed E-state index contributed by atoms with van der Waals surface area (Å²) in [4.78, 5) is 0. The van der Waals surface area contributed by atoms with Crippen molar-refractivity contribution >= 4 is 30.3 Å². The summed E-state index contributed by atoms with van der Waals surface area (Å²) < 4.78 is 0. The average Bonchev–Trinajstić information content (AvgIpc) is 2.09. The van der Waals surface area contributed by atoms with Crippen molar-refractivity contribution in [3.8, 4) is 0 Å². The second-order valence-electron chi connectivity index (χ2n) is 3.37. The minimum atomic E-state index is 0.811. The van der Waals surface area contributed by atoms with Gasteiger partial charge in [0.15, 0.2) is 0 Å². The van der Waals surface area contributed by atoms with Crippen LogP contribution in [0.5, 0.6) is 0 Å². The van der Waals surface area contributed by atoms with Crippen molar-refractivity contribution < 1.29 is 0 Å². The number of halogens is 1. The van der Waals surface area contributed by atoms with Gasteiger partial charge in [-0.2, -0.15) is 12.6 Å². The molecule has 0 unspecified atom stereocenters. The number of benzene rings is 1. The summed E-state index contributed by atoms with van der Waals surface area (Å²) in [7, 11) is 0. The third kappa shape index (κ3) is 3.07. The largest absolute Gasteiger partial charge is 0.179 e. The minimum absolute atomic E-state index is 0.811. The molecule has 1 rings (SSSR count). The van der Waals surface area contributed by atoms with Gasteiger partial charge in [0.05, 0.1) is 0 Å². The predicted molar refractivity (Wildman–Crippen MR) is 68.4 cm³/mol. The Bertz CT molecular complexity index is 319. The monoisotopic (exact) mass is 226 g/mol. The maximum Gasteiger partial charge on any atom is 0.0411 e. The molecule has 0 radical (unpaired) electrons. The average molecular weight is 227 g/mol. The molecule has 2 heteroatoms. The smallest absolute Gasteiger partial charge is 0.0411 e. The van der Waals surface area contributed by atoms with E-state index < -0.39 is 0 Å². The molecule has 0 saturated heterocycles. The third-order valence-corrected chi connectivity index (χ3v) is 2.62. The Balaban J connectivity index is 2.96. The van der Waals surface area contributed by atoms with Crippen LogP contribution in [0.25, 0.3) is 6.08 Å². The Morgan fingerprint density at radius 3 is 2.36 bits per heavy atom. The first kappa shape index (κ1) is 11.7. The van der Waals surface area contributed by atoms with Gasteiger partial charge in [-0.3, -0.25) is 0 Å². The van der Waals surface area contributed by atoms with Crippen LogP contribution in [-0.4, -0.2) is 5.75 Å². The van der Waals surface area contributed by atoms with Crippen LogP contribution in [0.4, 0.5) is 0 Å². The van der Waals surface area contributed by atoms with Crippen molar-refractivity contribution in [1.82, 2.24) is 0 Å². The highest BCUT2D eigenvalue weighted by Gasteiger charge is 2.00. The summed E-state index contributed by atoms with van der Waals surface area (Å²) in [5, 5.41) is 0.811. The van der Waals surface area contributed by atoms with Gasteiger partial charge in [-0.05, 0) is 54.8 Å². The summed E-state index contributed by atoms with van der Waals surface area (Å²) in [5.41, 5.74) is 3.73. The molecule has 0 aliphatic rings. The number of hydrogen-bond donors (Lipinski definition) is 1. The number of allylic oxidation sites excluding steroid dienone is 1. The molecule has 0 amide bonds. The first-order valence-electron chi connectivity index (χ1n) is 4.69. The van der Waals surface area contributed by atoms with E-state index in [1.54, 1.807) is 0 Å². The fourth-order valence-electron chi connectivity index (χ4n) is 1.46. The first-order chi connectivity index (χ1) is 6.65. The lowest BCUT2D eigenvalue weighted by Gasteiger charge is -2.05. The zero-order chi connectivity index (χ0) is 10.6. The standard InChI is InChI=1S/C12H15ClS/c1-9-7-11(13)8-10(2)12(9)5-3-4-6-14/h3,5,7-8,14H,4,6H2,1-2H3. The SMILES string of the molecule is Cc1cc(Cl)cc(C)c1C=CCCS. The zero-order valence-corrected chi connectivity index (χ0v) is 10.2. The third-order valence-electron chi connectivity index (χ3n) is 2.14. The molecular weight excluding hydrogens is 212 g/mol. The Hall–Kier alpha value is -0.400. The number of aryl methyl sites for hydroxylation is 2. The van der Waals surface area contributed by atoms with E-state index in [4.69, 9.17) is 11.6 Å². The van der Waals surface area contributed by atoms with E-state index in [0.29, 0.717) is 0 Å². The fraction of sp³-hybridized carbons (Fsp3) is 0.333. The van der Waals surface area contributed by atoms with Crippen LogP contribution in [0.1, 0.15) is 23.1 Å². The van der Waals surface area contributed by atoms with Crippen LogP contribution in [0.2, 0.25) is 5.02 Å². The highest BCUT2D eigenvalue weighted by molar-refractivity contribution is 7.80. The first-order valence-corrected chi connectivity index (χ1v) is 5.70. The Morgan fingerprint density at radius 1 is 1.29 bits per heavy atom. The molecule has 76 valence electrons. The van der Waals surface area contributed by atoms with Gasteiger partial charge in [-0.15, -0.1) is 0 Å². The van der Waals surface area contributed by atoms with E-state index in [1.165, 1.54) is 16.7 Å². The van der Waals surface area contributed by atoms with Crippen LogP contribution < -0.4 is 0 Å². The van der Waals surface area contributed by atoms with Crippen molar-refractivity contribution in [2.24, 2.45) is 0 Å². The number of hydrogen-bond acceptors (Lipinski definition) is 1. The lowest BCUT2D eigenvalue weighted by Crippen LogP contribution is -1.86. The molecule has 14 heavy (non-hydrogen) atoms. The normalized spacial score (nSPS) is 11.1. The summed E-state index contributed by atoms with van der Waals surface area (Å²) in [6, 6.07) is 3.99. The van der Waals surface area contributed by atoms with Gasteiger partial charge in [0, 0.05) is 5.02 Å².